The Labute approximate surface area is 121 Å². The number of hydrogen-bond acceptors (Lipinski definition) is 1. The summed E-state index contributed by atoms with van der Waals surface area (Å²) in [6.45, 7) is 2.22. The number of carbonyl (C=O) groups is 1. The van der Waals surface area contributed by atoms with Gasteiger partial charge in [0.25, 0.3) is 0 Å². The highest BCUT2D eigenvalue weighted by Crippen LogP contribution is 2.14. The van der Waals surface area contributed by atoms with Gasteiger partial charge in [-0.15, -0.1) is 0 Å². The number of hydrogen-bond donors (Lipinski definition) is 1. The van der Waals surface area contributed by atoms with E-state index in [-0.39, 0.29) is 17.4 Å². The van der Waals surface area contributed by atoms with Crippen LogP contribution in [0.25, 0.3) is 0 Å². The van der Waals surface area contributed by atoms with Gasteiger partial charge in [-0.05, 0) is 18.6 Å². The van der Waals surface area contributed by atoms with Crippen LogP contribution in [0, 0.1) is 5.82 Å². The minimum absolute atomic E-state index is 0.0962. The van der Waals surface area contributed by atoms with Crippen LogP contribution in [0.4, 0.5) is 10.1 Å². The maximum Gasteiger partial charge on any atom is 0.224 e. The Hall–Kier alpha value is -1.38. The van der Waals surface area contributed by atoms with Crippen molar-refractivity contribution in [1.29, 1.82) is 0 Å². The van der Waals surface area contributed by atoms with Crippen molar-refractivity contribution in [3.8, 4) is 0 Å². The SMILES string of the molecule is CCCCCCCCCCC(=O)Nc1ccccc1F. The first-order valence-electron chi connectivity index (χ1n) is 7.78. The van der Waals surface area contributed by atoms with E-state index >= 15 is 0 Å². The van der Waals surface area contributed by atoms with Gasteiger partial charge in [0.2, 0.25) is 5.91 Å². The number of halogens is 1. The second-order valence-electron chi connectivity index (χ2n) is 5.25. The Bertz CT molecular complexity index is 392. The minimum atomic E-state index is -0.378. The molecule has 112 valence electrons. The standard InChI is InChI=1S/C17H26FNO/c1-2-3-4-5-6-7-8-9-14-17(20)19-16-13-11-10-12-15(16)18/h10-13H,2-9,14H2,1H3,(H,19,20). The number of unbranched alkanes of at least 4 members (excludes halogenated alkanes) is 7. The molecule has 0 saturated carbocycles. The lowest BCUT2D eigenvalue weighted by Gasteiger charge is -2.06. The number of para-hydroxylation sites is 1. The highest BCUT2D eigenvalue weighted by Gasteiger charge is 2.05. The van der Waals surface area contributed by atoms with E-state index in [4.69, 9.17) is 0 Å². The summed E-state index contributed by atoms with van der Waals surface area (Å²) >= 11 is 0. The molecule has 0 atom stereocenters. The third-order valence-corrected chi connectivity index (χ3v) is 3.41. The molecule has 0 spiro atoms. The van der Waals surface area contributed by atoms with E-state index in [1.165, 1.54) is 44.6 Å². The molecule has 20 heavy (non-hydrogen) atoms. The predicted molar refractivity (Wildman–Crippen MR) is 82.3 cm³/mol. The average Bonchev–Trinajstić information content (AvgIpc) is 2.44. The van der Waals surface area contributed by atoms with Gasteiger partial charge in [-0.1, -0.05) is 64.0 Å². The fourth-order valence-electron chi connectivity index (χ4n) is 2.19. The fourth-order valence-corrected chi connectivity index (χ4v) is 2.19. The molecule has 1 amide bonds. The molecule has 0 saturated heterocycles. The van der Waals surface area contributed by atoms with Crippen LogP contribution in [0.5, 0.6) is 0 Å². The number of amides is 1. The second-order valence-corrected chi connectivity index (χ2v) is 5.25. The highest BCUT2D eigenvalue weighted by molar-refractivity contribution is 5.90. The summed E-state index contributed by atoms with van der Waals surface area (Å²) in [5.74, 6) is -0.474. The maximum atomic E-state index is 13.3. The summed E-state index contributed by atoms with van der Waals surface area (Å²) in [6.07, 6.45) is 10.1. The molecule has 0 aliphatic carbocycles. The molecule has 0 fully saturated rings. The van der Waals surface area contributed by atoms with Gasteiger partial charge in [-0.2, -0.15) is 0 Å². The molecule has 0 bridgehead atoms. The molecule has 0 radical (unpaired) electrons. The monoisotopic (exact) mass is 279 g/mol. The van der Waals surface area contributed by atoms with Crippen LogP contribution in [0.2, 0.25) is 0 Å². The van der Waals surface area contributed by atoms with Crippen LogP contribution in [0.1, 0.15) is 64.7 Å². The number of nitrogens with one attached hydrogen (secondary N) is 1. The Morgan fingerprint density at radius 2 is 1.60 bits per heavy atom. The summed E-state index contributed by atoms with van der Waals surface area (Å²) in [5, 5.41) is 2.62. The summed E-state index contributed by atoms with van der Waals surface area (Å²) in [6, 6.07) is 6.27. The van der Waals surface area contributed by atoms with Crippen molar-refractivity contribution in [2.24, 2.45) is 0 Å². The quantitative estimate of drug-likeness (QED) is 0.579. The molecule has 1 aromatic rings. The number of carbonyl (C=O) groups excluding carboxylic acids is 1. The molecular formula is C17H26FNO. The predicted octanol–water partition coefficient (Wildman–Crippen LogP) is 5.30. The van der Waals surface area contributed by atoms with Crippen molar-refractivity contribution in [3.63, 3.8) is 0 Å². The Balaban J connectivity index is 2.05. The van der Waals surface area contributed by atoms with Crippen LogP contribution in [0.15, 0.2) is 24.3 Å². The van der Waals surface area contributed by atoms with Crippen LogP contribution in [0.3, 0.4) is 0 Å². The van der Waals surface area contributed by atoms with E-state index < -0.39 is 0 Å². The minimum Gasteiger partial charge on any atom is -0.324 e. The average molecular weight is 279 g/mol. The van der Waals surface area contributed by atoms with Crippen molar-refractivity contribution >= 4 is 11.6 Å². The molecular weight excluding hydrogens is 253 g/mol. The first-order chi connectivity index (χ1) is 9.74. The van der Waals surface area contributed by atoms with Crippen molar-refractivity contribution in [1.82, 2.24) is 0 Å². The molecule has 0 unspecified atom stereocenters. The first-order valence-corrected chi connectivity index (χ1v) is 7.78. The number of anilines is 1. The van der Waals surface area contributed by atoms with Gasteiger partial charge in [-0.3, -0.25) is 4.79 Å². The van der Waals surface area contributed by atoms with Crippen LogP contribution >= 0.6 is 0 Å². The maximum absolute atomic E-state index is 13.3. The normalized spacial score (nSPS) is 10.5. The lowest BCUT2D eigenvalue weighted by molar-refractivity contribution is -0.116. The van der Waals surface area contributed by atoms with Gasteiger partial charge in [0.05, 0.1) is 5.69 Å². The molecule has 0 aliphatic rings. The zero-order valence-electron chi connectivity index (χ0n) is 12.5. The third-order valence-electron chi connectivity index (χ3n) is 3.41. The van der Waals surface area contributed by atoms with Crippen LogP contribution in [-0.4, -0.2) is 5.91 Å². The van der Waals surface area contributed by atoms with E-state index in [0.717, 1.165) is 12.8 Å². The zero-order chi connectivity index (χ0) is 14.6. The van der Waals surface area contributed by atoms with Gasteiger partial charge in [-0.25, -0.2) is 4.39 Å². The van der Waals surface area contributed by atoms with E-state index in [0.29, 0.717) is 6.42 Å². The van der Waals surface area contributed by atoms with Gasteiger partial charge in [0.15, 0.2) is 0 Å². The van der Waals surface area contributed by atoms with Gasteiger partial charge in [0.1, 0.15) is 5.82 Å². The summed E-state index contributed by atoms with van der Waals surface area (Å²) in [5.41, 5.74) is 0.275. The molecule has 3 heteroatoms. The van der Waals surface area contributed by atoms with Crippen molar-refractivity contribution in [3.05, 3.63) is 30.1 Å². The number of rotatable bonds is 10. The summed E-state index contributed by atoms with van der Waals surface area (Å²) < 4.78 is 13.3. The Morgan fingerprint density at radius 1 is 1.00 bits per heavy atom. The third kappa shape index (κ3) is 7.27. The molecule has 2 nitrogen and oxygen atoms in total. The smallest absolute Gasteiger partial charge is 0.224 e. The molecule has 1 rings (SSSR count). The zero-order valence-corrected chi connectivity index (χ0v) is 12.5. The van der Waals surface area contributed by atoms with Gasteiger partial charge < -0.3 is 5.32 Å². The highest BCUT2D eigenvalue weighted by atomic mass is 19.1. The van der Waals surface area contributed by atoms with Crippen molar-refractivity contribution in [2.75, 3.05) is 5.32 Å². The van der Waals surface area contributed by atoms with Crippen LogP contribution < -0.4 is 5.32 Å². The topological polar surface area (TPSA) is 29.1 Å². The van der Waals surface area contributed by atoms with Crippen molar-refractivity contribution in [2.45, 2.75) is 64.7 Å². The second kappa shape index (κ2) is 10.4. The van der Waals surface area contributed by atoms with Gasteiger partial charge >= 0.3 is 0 Å². The lowest BCUT2D eigenvalue weighted by Crippen LogP contribution is -2.12. The molecule has 1 aromatic carbocycles. The van der Waals surface area contributed by atoms with Crippen LogP contribution in [-0.2, 0) is 4.79 Å². The van der Waals surface area contributed by atoms with E-state index in [2.05, 4.69) is 12.2 Å². The molecule has 1 N–H and O–H groups in total. The van der Waals surface area contributed by atoms with E-state index in [1.807, 2.05) is 0 Å². The largest absolute Gasteiger partial charge is 0.324 e. The Morgan fingerprint density at radius 3 is 2.25 bits per heavy atom. The summed E-state index contributed by atoms with van der Waals surface area (Å²) in [4.78, 5) is 11.7. The molecule has 0 aromatic heterocycles. The molecule has 0 aliphatic heterocycles. The first kappa shape index (κ1) is 16.7. The van der Waals surface area contributed by atoms with Gasteiger partial charge in [0, 0.05) is 6.42 Å². The fraction of sp³-hybridized carbons (Fsp3) is 0.588. The lowest BCUT2D eigenvalue weighted by atomic mass is 10.1. The summed E-state index contributed by atoms with van der Waals surface area (Å²) in [7, 11) is 0. The number of benzene rings is 1. The van der Waals surface area contributed by atoms with Crippen molar-refractivity contribution < 1.29 is 9.18 Å². The molecule has 0 heterocycles. The van der Waals surface area contributed by atoms with E-state index in [1.54, 1.807) is 18.2 Å². The Kier molecular flexibility index (Phi) is 8.68. The van der Waals surface area contributed by atoms with E-state index in [9.17, 15) is 9.18 Å².